The minimum atomic E-state index is -5.08. The van der Waals surface area contributed by atoms with Gasteiger partial charge in [-0.25, -0.2) is 13.2 Å². The molecule has 0 saturated carbocycles. The number of hydrogen-bond donors (Lipinski definition) is 1. The van der Waals surface area contributed by atoms with E-state index in [1.165, 1.54) is 10.5 Å². The maximum atomic E-state index is 12.7. The first kappa shape index (κ1) is 23.5. The second kappa shape index (κ2) is 9.37. The standard InChI is InChI=1S/C15H22N2O4S.C2HF3O2/c1-2-20-13-9-15(21-11-13)6-4-8-17(12-15)22(18,19)14-5-3-7-16-10-14;3-2(4,5)1(6)7/h3,5,7,10,13H,2,4,6,8-9,11-12H2,1H3;(H,6,7)/t13-,15-;/m0./s1. The van der Waals surface area contributed by atoms with Crippen LogP contribution in [0.25, 0.3) is 0 Å². The second-order valence-electron chi connectivity index (χ2n) is 6.71. The monoisotopic (exact) mass is 440 g/mol. The number of halogens is 3. The third-order valence-corrected chi connectivity index (χ3v) is 6.43. The summed E-state index contributed by atoms with van der Waals surface area (Å²) in [4.78, 5) is 13.1. The van der Waals surface area contributed by atoms with Crippen molar-refractivity contribution in [1.82, 2.24) is 9.29 Å². The zero-order valence-corrected chi connectivity index (χ0v) is 16.6. The lowest BCUT2D eigenvalue weighted by Gasteiger charge is -2.38. The highest BCUT2D eigenvalue weighted by Crippen LogP contribution is 2.37. The van der Waals surface area contributed by atoms with Crippen LogP contribution in [0.15, 0.2) is 29.4 Å². The summed E-state index contributed by atoms with van der Waals surface area (Å²) < 4.78 is 70.3. The van der Waals surface area contributed by atoms with Gasteiger partial charge in [0.25, 0.3) is 0 Å². The predicted molar refractivity (Wildman–Crippen MR) is 94.6 cm³/mol. The molecule has 0 aromatic carbocycles. The number of sulfonamides is 1. The number of nitrogens with zero attached hydrogens (tertiary/aromatic N) is 2. The molecule has 1 spiro atoms. The summed E-state index contributed by atoms with van der Waals surface area (Å²) in [7, 11) is -3.51. The second-order valence-corrected chi connectivity index (χ2v) is 8.65. The molecule has 2 saturated heterocycles. The summed E-state index contributed by atoms with van der Waals surface area (Å²) in [6.45, 7) is 4.09. The van der Waals surface area contributed by atoms with Crippen LogP contribution in [0.1, 0.15) is 26.2 Å². The number of hydrogen-bond acceptors (Lipinski definition) is 6. The van der Waals surface area contributed by atoms with E-state index in [0.29, 0.717) is 26.3 Å². The fraction of sp³-hybridized carbons (Fsp3) is 0.647. The Kier molecular flexibility index (Phi) is 7.60. The van der Waals surface area contributed by atoms with Crippen molar-refractivity contribution in [3.63, 3.8) is 0 Å². The van der Waals surface area contributed by atoms with Crippen LogP contribution in [0.2, 0.25) is 0 Å². The van der Waals surface area contributed by atoms with Gasteiger partial charge in [-0.1, -0.05) is 0 Å². The Morgan fingerprint density at radius 3 is 2.72 bits per heavy atom. The number of carboxylic acids is 1. The number of rotatable bonds is 4. The van der Waals surface area contributed by atoms with Crippen molar-refractivity contribution in [3.8, 4) is 0 Å². The van der Waals surface area contributed by atoms with E-state index in [2.05, 4.69) is 4.98 Å². The van der Waals surface area contributed by atoms with Gasteiger partial charge in [0, 0.05) is 38.5 Å². The highest BCUT2D eigenvalue weighted by molar-refractivity contribution is 7.89. The SMILES string of the molecule is CCO[C@@H]1CO[C@@]2(CCCN(S(=O)(=O)c3cccnc3)C2)C1.O=C(O)C(F)(F)F. The van der Waals surface area contributed by atoms with Crippen LogP contribution in [-0.4, -0.2) is 73.0 Å². The van der Waals surface area contributed by atoms with Crippen molar-refractivity contribution in [1.29, 1.82) is 0 Å². The lowest BCUT2D eigenvalue weighted by molar-refractivity contribution is -0.192. The van der Waals surface area contributed by atoms with Crippen LogP contribution in [0.4, 0.5) is 13.2 Å². The maximum Gasteiger partial charge on any atom is 0.490 e. The summed E-state index contributed by atoms with van der Waals surface area (Å²) in [5.74, 6) is -2.76. The normalized spacial score (nSPS) is 25.4. The summed E-state index contributed by atoms with van der Waals surface area (Å²) in [5, 5.41) is 7.12. The molecule has 8 nitrogen and oxygen atoms in total. The predicted octanol–water partition coefficient (Wildman–Crippen LogP) is 2.06. The first-order valence-electron chi connectivity index (χ1n) is 8.96. The molecule has 1 aromatic rings. The number of ether oxygens (including phenoxy) is 2. The lowest BCUT2D eigenvalue weighted by atomic mass is 9.90. The number of aliphatic carboxylic acids is 1. The Bertz CT molecular complexity index is 790. The molecule has 2 atom stereocenters. The summed E-state index contributed by atoms with van der Waals surface area (Å²) in [6, 6.07) is 3.23. The molecule has 0 amide bonds. The first-order chi connectivity index (χ1) is 13.5. The van der Waals surface area contributed by atoms with Crippen LogP contribution in [0, 0.1) is 0 Å². The van der Waals surface area contributed by atoms with Gasteiger partial charge in [0.05, 0.1) is 18.3 Å². The number of pyridine rings is 1. The first-order valence-corrected chi connectivity index (χ1v) is 10.4. The smallest absolute Gasteiger partial charge is 0.475 e. The van der Waals surface area contributed by atoms with E-state index in [-0.39, 0.29) is 11.0 Å². The van der Waals surface area contributed by atoms with Gasteiger partial charge in [0.2, 0.25) is 10.0 Å². The maximum absolute atomic E-state index is 12.7. The Labute approximate surface area is 166 Å². The van der Waals surface area contributed by atoms with Gasteiger partial charge in [-0.05, 0) is 31.9 Å². The van der Waals surface area contributed by atoms with Gasteiger partial charge < -0.3 is 14.6 Å². The Hall–Kier alpha value is -1.76. The molecule has 29 heavy (non-hydrogen) atoms. The van der Waals surface area contributed by atoms with E-state index in [0.717, 1.165) is 19.3 Å². The molecule has 2 aliphatic heterocycles. The minimum absolute atomic E-state index is 0.0750. The van der Waals surface area contributed by atoms with Crippen LogP contribution in [0.5, 0.6) is 0 Å². The topological polar surface area (TPSA) is 106 Å². The summed E-state index contributed by atoms with van der Waals surface area (Å²) >= 11 is 0. The molecule has 3 heterocycles. The van der Waals surface area contributed by atoms with Crippen LogP contribution >= 0.6 is 0 Å². The average Bonchev–Trinajstić information content (AvgIpc) is 3.04. The number of alkyl halides is 3. The molecule has 0 radical (unpaired) electrons. The molecule has 12 heteroatoms. The molecule has 2 fully saturated rings. The number of piperidine rings is 1. The molecule has 0 aliphatic carbocycles. The van der Waals surface area contributed by atoms with Crippen LogP contribution < -0.4 is 0 Å². The zero-order chi connectivity index (χ0) is 21.7. The van der Waals surface area contributed by atoms with E-state index in [9.17, 15) is 21.6 Å². The fourth-order valence-electron chi connectivity index (χ4n) is 3.34. The van der Waals surface area contributed by atoms with Gasteiger partial charge in [-0.3, -0.25) is 4.98 Å². The van der Waals surface area contributed by atoms with E-state index in [1.807, 2.05) is 6.92 Å². The highest BCUT2D eigenvalue weighted by Gasteiger charge is 2.46. The summed E-state index contributed by atoms with van der Waals surface area (Å²) in [6.07, 6.45) is 0.415. The van der Waals surface area contributed by atoms with Crippen LogP contribution in [-0.2, 0) is 24.3 Å². The van der Waals surface area contributed by atoms with Gasteiger partial charge in [-0.15, -0.1) is 0 Å². The van der Waals surface area contributed by atoms with Gasteiger partial charge in [0.1, 0.15) is 4.90 Å². The van der Waals surface area contributed by atoms with E-state index < -0.39 is 27.8 Å². The molecule has 1 aromatic heterocycles. The van der Waals surface area contributed by atoms with Gasteiger partial charge in [0.15, 0.2) is 0 Å². The average molecular weight is 440 g/mol. The molecule has 0 unspecified atom stereocenters. The Morgan fingerprint density at radius 2 is 2.17 bits per heavy atom. The zero-order valence-electron chi connectivity index (χ0n) is 15.8. The Morgan fingerprint density at radius 1 is 1.48 bits per heavy atom. The number of carbonyl (C=O) groups is 1. The van der Waals surface area contributed by atoms with Crippen molar-refractivity contribution in [2.75, 3.05) is 26.3 Å². The fourth-order valence-corrected chi connectivity index (χ4v) is 4.86. The number of carboxylic acid groups (broad SMARTS) is 1. The van der Waals surface area contributed by atoms with Crippen molar-refractivity contribution >= 4 is 16.0 Å². The van der Waals surface area contributed by atoms with Gasteiger partial charge in [-0.2, -0.15) is 17.5 Å². The van der Waals surface area contributed by atoms with Crippen molar-refractivity contribution in [3.05, 3.63) is 24.5 Å². The van der Waals surface area contributed by atoms with E-state index >= 15 is 0 Å². The number of aromatic nitrogens is 1. The molecular weight excluding hydrogens is 417 g/mol. The van der Waals surface area contributed by atoms with Crippen LogP contribution in [0.3, 0.4) is 0 Å². The minimum Gasteiger partial charge on any atom is -0.475 e. The van der Waals surface area contributed by atoms with E-state index in [1.54, 1.807) is 18.3 Å². The van der Waals surface area contributed by atoms with Crippen molar-refractivity contribution in [2.45, 2.75) is 49.0 Å². The van der Waals surface area contributed by atoms with Crippen molar-refractivity contribution < 1.29 is 41.0 Å². The van der Waals surface area contributed by atoms with E-state index in [4.69, 9.17) is 19.4 Å². The molecule has 164 valence electrons. The molecular formula is C17H23F3N2O6S. The third kappa shape index (κ3) is 6.11. The molecule has 1 N–H and O–H groups in total. The Balaban J connectivity index is 0.000000370. The third-order valence-electron chi connectivity index (χ3n) is 4.60. The molecule has 3 rings (SSSR count). The highest BCUT2D eigenvalue weighted by atomic mass is 32.2. The van der Waals surface area contributed by atoms with Crippen molar-refractivity contribution in [2.24, 2.45) is 0 Å². The molecule has 2 aliphatic rings. The summed E-state index contributed by atoms with van der Waals surface area (Å²) in [5.41, 5.74) is -0.395. The quantitative estimate of drug-likeness (QED) is 0.764. The molecule has 0 bridgehead atoms. The largest absolute Gasteiger partial charge is 0.490 e. The van der Waals surface area contributed by atoms with Gasteiger partial charge >= 0.3 is 12.1 Å². The lowest BCUT2D eigenvalue weighted by Crippen LogP contribution is -2.50.